The first-order valence-corrected chi connectivity index (χ1v) is 9.86. The molecule has 3 aromatic rings. The third-order valence-electron chi connectivity index (χ3n) is 4.55. The predicted molar refractivity (Wildman–Crippen MR) is 110 cm³/mol. The van der Waals surface area contributed by atoms with Crippen LogP contribution in [0.15, 0.2) is 64.8 Å². The van der Waals surface area contributed by atoms with Crippen molar-refractivity contribution in [2.75, 3.05) is 6.61 Å². The van der Waals surface area contributed by atoms with E-state index in [2.05, 4.69) is 0 Å². The number of hydrogen-bond acceptors (Lipinski definition) is 6. The molecule has 4 rings (SSSR count). The molecule has 142 valence electrons. The molecule has 0 radical (unpaired) electrons. The third kappa shape index (κ3) is 3.04. The van der Waals surface area contributed by atoms with Gasteiger partial charge >= 0.3 is 5.97 Å². The van der Waals surface area contributed by atoms with Gasteiger partial charge in [-0.3, -0.25) is 4.79 Å². The molecule has 5 nitrogen and oxygen atoms in total. The number of carbonyl (C=O) groups is 1. The summed E-state index contributed by atoms with van der Waals surface area (Å²) >= 11 is 7.13. The van der Waals surface area contributed by atoms with Gasteiger partial charge in [-0.05, 0) is 36.8 Å². The zero-order chi connectivity index (χ0) is 19.8. The molecule has 1 aliphatic heterocycles. The normalized spacial score (nSPS) is 15.9. The summed E-state index contributed by atoms with van der Waals surface area (Å²) < 4.78 is 11.6. The summed E-state index contributed by atoms with van der Waals surface area (Å²) in [4.78, 5) is 25.7. The molecule has 2 aromatic carbocycles. The van der Waals surface area contributed by atoms with Crippen LogP contribution in [0.3, 0.4) is 0 Å². The molecule has 28 heavy (non-hydrogen) atoms. The number of carbonyl (C=O) groups excluding carboxylic acids is 1. The van der Waals surface area contributed by atoms with E-state index in [1.807, 2.05) is 24.3 Å². The second-order valence-electron chi connectivity index (χ2n) is 6.21. The van der Waals surface area contributed by atoms with Gasteiger partial charge in [0, 0.05) is 15.1 Å². The van der Waals surface area contributed by atoms with Gasteiger partial charge in [-0.1, -0.05) is 47.2 Å². The second-order valence-corrected chi connectivity index (χ2v) is 7.66. The Morgan fingerprint density at radius 2 is 1.93 bits per heavy atom. The number of esters is 1. The van der Waals surface area contributed by atoms with Gasteiger partial charge in [0.2, 0.25) is 10.6 Å². The predicted octanol–water partition coefficient (Wildman–Crippen LogP) is 4.17. The van der Waals surface area contributed by atoms with E-state index in [1.54, 1.807) is 31.2 Å². The zero-order valence-corrected chi connectivity index (χ0v) is 16.5. The quantitative estimate of drug-likeness (QED) is 0.652. The number of benzene rings is 2. The summed E-state index contributed by atoms with van der Waals surface area (Å²) in [5.41, 5.74) is 7.36. The average molecular weight is 414 g/mol. The Bertz CT molecular complexity index is 1170. The van der Waals surface area contributed by atoms with Crippen LogP contribution in [0, 0.1) is 0 Å². The number of hydrogen-bond donors (Lipinski definition) is 1. The number of nitrogens with two attached hydrogens (primary N) is 1. The average Bonchev–Trinajstić information content (AvgIpc) is 2.68. The first-order valence-electron chi connectivity index (χ1n) is 8.67. The molecule has 7 heteroatoms. The Hall–Kier alpha value is -2.83. The lowest BCUT2D eigenvalue weighted by atomic mass is 9.83. The molecule has 0 saturated heterocycles. The van der Waals surface area contributed by atoms with Crippen LogP contribution < -0.4 is 15.2 Å². The molecule has 2 heterocycles. The van der Waals surface area contributed by atoms with Gasteiger partial charge in [0.25, 0.3) is 0 Å². The van der Waals surface area contributed by atoms with E-state index in [4.69, 9.17) is 26.8 Å². The molecule has 0 saturated carbocycles. The highest BCUT2D eigenvalue weighted by molar-refractivity contribution is 7.16. The SMILES string of the molecule is CCOC(=O)C1=C(N)Oc2c(c(=O)sc3ccccc23)C1c1ccc(Cl)cc1. The van der Waals surface area contributed by atoms with Gasteiger partial charge in [-0.15, -0.1) is 0 Å². The van der Waals surface area contributed by atoms with Crippen LogP contribution in [0.25, 0.3) is 10.1 Å². The van der Waals surface area contributed by atoms with Gasteiger partial charge in [0.15, 0.2) is 0 Å². The van der Waals surface area contributed by atoms with Crippen LogP contribution in [0.2, 0.25) is 5.02 Å². The van der Waals surface area contributed by atoms with E-state index in [9.17, 15) is 9.59 Å². The summed E-state index contributed by atoms with van der Waals surface area (Å²) in [6, 6.07) is 14.4. The molecular formula is C21H16ClNO4S. The minimum Gasteiger partial charge on any atom is -0.462 e. The van der Waals surface area contributed by atoms with E-state index < -0.39 is 11.9 Å². The Morgan fingerprint density at radius 1 is 1.21 bits per heavy atom. The van der Waals surface area contributed by atoms with Crippen LogP contribution in [0.4, 0.5) is 0 Å². The van der Waals surface area contributed by atoms with E-state index in [1.165, 1.54) is 0 Å². The zero-order valence-electron chi connectivity index (χ0n) is 14.9. The van der Waals surface area contributed by atoms with Crippen molar-refractivity contribution >= 4 is 39.0 Å². The number of halogens is 1. The first-order chi connectivity index (χ1) is 13.5. The minimum atomic E-state index is -0.701. The molecule has 0 spiro atoms. The van der Waals surface area contributed by atoms with E-state index in [-0.39, 0.29) is 22.8 Å². The maximum atomic E-state index is 13.1. The van der Waals surface area contributed by atoms with E-state index in [0.717, 1.165) is 21.4 Å². The number of ether oxygens (including phenoxy) is 2. The molecule has 1 aromatic heterocycles. The molecule has 1 atom stereocenters. The summed E-state index contributed by atoms with van der Waals surface area (Å²) in [6.45, 7) is 1.89. The standard InChI is InChI=1S/C21H16ClNO4S/c1-2-26-20(24)17-15(11-7-9-12(22)10-8-11)16-18(27-19(17)23)13-5-3-4-6-14(13)28-21(16)25/h3-10,15H,2,23H2,1H3. The summed E-state index contributed by atoms with van der Waals surface area (Å²) in [5.74, 6) is -0.993. The molecule has 1 unspecified atom stereocenters. The molecule has 0 aliphatic carbocycles. The monoisotopic (exact) mass is 413 g/mol. The van der Waals surface area contributed by atoms with Crippen molar-refractivity contribution in [3.8, 4) is 5.75 Å². The lowest BCUT2D eigenvalue weighted by molar-refractivity contribution is -0.139. The molecule has 0 fully saturated rings. The van der Waals surface area contributed by atoms with Gasteiger partial charge in [0.05, 0.1) is 18.1 Å². The van der Waals surface area contributed by atoms with Crippen molar-refractivity contribution in [1.29, 1.82) is 0 Å². The number of rotatable bonds is 3. The van der Waals surface area contributed by atoms with Gasteiger partial charge in [-0.2, -0.15) is 0 Å². The van der Waals surface area contributed by atoms with Crippen LogP contribution in [0.5, 0.6) is 5.75 Å². The molecule has 1 aliphatic rings. The molecular weight excluding hydrogens is 398 g/mol. The lowest BCUT2D eigenvalue weighted by Crippen LogP contribution is -2.30. The summed E-state index contributed by atoms with van der Waals surface area (Å²) in [7, 11) is 0. The fraction of sp³-hybridized carbons (Fsp3) is 0.143. The fourth-order valence-corrected chi connectivity index (χ4v) is 4.43. The van der Waals surface area contributed by atoms with Crippen molar-refractivity contribution in [1.82, 2.24) is 0 Å². The van der Waals surface area contributed by atoms with Crippen LogP contribution in [-0.4, -0.2) is 12.6 Å². The topological polar surface area (TPSA) is 78.6 Å². The fourth-order valence-electron chi connectivity index (χ4n) is 3.36. The minimum absolute atomic E-state index is 0.0633. The highest BCUT2D eigenvalue weighted by atomic mass is 35.5. The van der Waals surface area contributed by atoms with Crippen molar-refractivity contribution in [3.05, 3.63) is 85.7 Å². The van der Waals surface area contributed by atoms with E-state index >= 15 is 0 Å². The highest BCUT2D eigenvalue weighted by Gasteiger charge is 2.38. The maximum absolute atomic E-state index is 13.1. The van der Waals surface area contributed by atoms with Crippen molar-refractivity contribution < 1.29 is 14.3 Å². The van der Waals surface area contributed by atoms with Gasteiger partial charge in [0.1, 0.15) is 11.3 Å². The van der Waals surface area contributed by atoms with Crippen molar-refractivity contribution in [2.45, 2.75) is 12.8 Å². The Balaban J connectivity index is 2.03. The van der Waals surface area contributed by atoms with Gasteiger partial charge in [-0.25, -0.2) is 4.79 Å². The Kier molecular flexibility index (Phi) is 4.83. The summed E-state index contributed by atoms with van der Waals surface area (Å²) in [5, 5.41) is 1.32. The smallest absolute Gasteiger partial charge is 0.340 e. The first kappa shape index (κ1) is 18.5. The number of fused-ring (bicyclic) bond motifs is 3. The molecule has 0 amide bonds. The molecule has 2 N–H and O–H groups in total. The Morgan fingerprint density at radius 3 is 2.64 bits per heavy atom. The molecule has 0 bridgehead atoms. The third-order valence-corrected chi connectivity index (χ3v) is 5.79. The van der Waals surface area contributed by atoms with Crippen molar-refractivity contribution in [2.24, 2.45) is 5.73 Å². The van der Waals surface area contributed by atoms with Crippen LogP contribution in [0.1, 0.15) is 24.0 Å². The Labute approximate surface area is 170 Å². The van der Waals surface area contributed by atoms with Crippen LogP contribution >= 0.6 is 22.9 Å². The summed E-state index contributed by atoms with van der Waals surface area (Å²) in [6.07, 6.45) is 0. The maximum Gasteiger partial charge on any atom is 0.340 e. The van der Waals surface area contributed by atoms with Crippen molar-refractivity contribution in [3.63, 3.8) is 0 Å². The van der Waals surface area contributed by atoms with E-state index in [0.29, 0.717) is 21.9 Å². The largest absolute Gasteiger partial charge is 0.462 e. The lowest BCUT2D eigenvalue weighted by Gasteiger charge is -2.28. The highest BCUT2D eigenvalue weighted by Crippen LogP contribution is 2.44. The van der Waals surface area contributed by atoms with Gasteiger partial charge < -0.3 is 15.2 Å². The van der Waals surface area contributed by atoms with Crippen LogP contribution in [-0.2, 0) is 9.53 Å². The second kappa shape index (κ2) is 7.30.